The maximum absolute atomic E-state index is 13.0. The Morgan fingerprint density at radius 3 is 1.75 bits per heavy atom. The van der Waals surface area contributed by atoms with Crippen molar-refractivity contribution in [3.05, 3.63) is 72.3 Å². The minimum Gasteiger partial charge on any atom is -0.497 e. The van der Waals surface area contributed by atoms with Gasteiger partial charge in [-0.1, -0.05) is 37.3 Å². The summed E-state index contributed by atoms with van der Waals surface area (Å²) in [5.74, 6) is 2.60. The Hall–Kier alpha value is -2.15. The molecule has 2 N–H and O–H groups in total. The van der Waals surface area contributed by atoms with Crippen LogP contribution in [-0.2, 0) is 24.1 Å². The van der Waals surface area contributed by atoms with Crippen LogP contribution in [0.2, 0.25) is 0 Å². The van der Waals surface area contributed by atoms with E-state index in [2.05, 4.69) is 13.5 Å². The Morgan fingerprint density at radius 2 is 1.39 bits per heavy atom. The summed E-state index contributed by atoms with van der Waals surface area (Å²) in [5, 5.41) is 0. The molecule has 0 fully saturated rings. The van der Waals surface area contributed by atoms with Crippen LogP contribution in [0.1, 0.15) is 24.5 Å². The lowest BCUT2D eigenvalue weighted by molar-refractivity contribution is 0.411. The van der Waals surface area contributed by atoms with Crippen LogP contribution in [-0.4, -0.2) is 34.0 Å². The largest absolute Gasteiger partial charge is 0.497 e. The van der Waals surface area contributed by atoms with Crippen molar-refractivity contribution in [2.75, 3.05) is 20.0 Å². The van der Waals surface area contributed by atoms with Crippen LogP contribution < -0.4 is 9.47 Å². The van der Waals surface area contributed by atoms with Gasteiger partial charge in [0, 0.05) is 18.8 Å². The Morgan fingerprint density at radius 1 is 0.964 bits per heavy atom. The predicted molar refractivity (Wildman–Crippen MR) is 116 cm³/mol. The fraction of sp³-hybridized carbons (Fsp3) is 0.364. The number of nitrogens with zero attached hydrogens (tertiary/aromatic N) is 1. The van der Waals surface area contributed by atoms with Gasteiger partial charge in [0.05, 0.1) is 25.2 Å². The fourth-order valence-electron chi connectivity index (χ4n) is 2.77. The first-order valence-electron chi connectivity index (χ1n) is 9.06. The van der Waals surface area contributed by atoms with Gasteiger partial charge in [0.1, 0.15) is 11.5 Å². The van der Waals surface area contributed by atoms with E-state index in [0.29, 0.717) is 24.8 Å². The lowest BCUT2D eigenvalue weighted by Crippen LogP contribution is -2.29. The lowest BCUT2D eigenvalue weighted by atomic mass is 10.1. The van der Waals surface area contributed by atoms with Crippen molar-refractivity contribution in [3.63, 3.8) is 0 Å². The summed E-state index contributed by atoms with van der Waals surface area (Å²) in [7, 11) is 2.23. The van der Waals surface area contributed by atoms with Gasteiger partial charge in [0.15, 0.2) is 0 Å². The number of benzene rings is 2. The van der Waals surface area contributed by atoms with Crippen LogP contribution in [0.25, 0.3) is 0 Å². The van der Waals surface area contributed by atoms with E-state index in [0.717, 1.165) is 29.0 Å². The van der Waals surface area contributed by atoms with Crippen LogP contribution in [0.3, 0.4) is 0 Å². The molecule has 28 heavy (non-hydrogen) atoms. The third-order valence-corrected chi connectivity index (χ3v) is 6.01. The second kappa shape index (κ2) is 12.3. The number of methoxy groups -OCH3 is 2. The number of ether oxygens (including phenoxy) is 2. The van der Waals surface area contributed by atoms with E-state index in [-0.39, 0.29) is 5.48 Å². The Kier molecular flexibility index (Phi) is 10.5. The molecule has 0 saturated carbocycles. The van der Waals surface area contributed by atoms with E-state index in [1.807, 2.05) is 58.9 Å². The molecule has 0 aliphatic carbocycles. The topological polar surface area (TPSA) is 70.3 Å². The van der Waals surface area contributed by atoms with Gasteiger partial charge < -0.3 is 14.9 Å². The zero-order valence-corrected chi connectivity index (χ0v) is 17.7. The molecule has 154 valence electrons. The second-order valence-corrected chi connectivity index (χ2v) is 8.10. The summed E-state index contributed by atoms with van der Waals surface area (Å²) < 4.78 is 25.5. The molecule has 6 heteroatoms. The standard InChI is InChI=1S/C22H29NO3S.H2O/c1-5-6-18(2)17-27(24)23(15-19-7-11-21(25-3)12-8-19)16-20-9-13-22(26-4)14-10-20;/h5,7-14,18H,1,6,15-17H2,2-4H3;1H2/t18-,27?;/m0./s1. The van der Waals surface area contributed by atoms with Gasteiger partial charge in [-0.3, -0.25) is 0 Å². The minimum atomic E-state index is -1.08. The van der Waals surface area contributed by atoms with Crippen LogP contribution in [0.5, 0.6) is 11.5 Å². The fourth-order valence-corrected chi connectivity index (χ4v) is 4.19. The second-order valence-electron chi connectivity index (χ2n) is 6.61. The highest BCUT2D eigenvalue weighted by Crippen LogP contribution is 2.19. The summed E-state index contributed by atoms with van der Waals surface area (Å²) in [6, 6.07) is 15.8. The van der Waals surface area contributed by atoms with Crippen LogP contribution in [0.15, 0.2) is 61.2 Å². The van der Waals surface area contributed by atoms with Gasteiger partial charge in [-0.15, -0.1) is 6.58 Å². The van der Waals surface area contributed by atoms with Gasteiger partial charge in [0.2, 0.25) is 0 Å². The van der Waals surface area contributed by atoms with Gasteiger partial charge in [-0.05, 0) is 47.7 Å². The highest BCUT2D eigenvalue weighted by atomic mass is 32.2. The molecule has 0 aliphatic rings. The van der Waals surface area contributed by atoms with Gasteiger partial charge >= 0.3 is 0 Å². The maximum Gasteiger partial charge on any atom is 0.118 e. The van der Waals surface area contributed by atoms with Crippen molar-refractivity contribution in [2.24, 2.45) is 5.92 Å². The number of allylic oxidation sites excluding steroid dienone is 1. The average Bonchev–Trinajstić information content (AvgIpc) is 2.68. The maximum atomic E-state index is 13.0. The number of hydrogen-bond acceptors (Lipinski definition) is 3. The summed E-state index contributed by atoms with van der Waals surface area (Å²) >= 11 is 0. The third kappa shape index (κ3) is 7.46. The summed E-state index contributed by atoms with van der Waals surface area (Å²) in [5.41, 5.74) is 2.21. The molecule has 0 saturated heterocycles. The van der Waals surface area contributed by atoms with Crippen molar-refractivity contribution >= 4 is 11.0 Å². The molecular weight excluding hydrogens is 374 g/mol. The average molecular weight is 406 g/mol. The molecule has 2 rings (SSSR count). The lowest BCUT2D eigenvalue weighted by Gasteiger charge is -2.23. The SMILES string of the molecule is C=CC[C@H](C)CS(=O)N(Cc1ccc(OC)cc1)Cc1ccc(OC)cc1.O. The van der Waals surface area contributed by atoms with Crippen molar-refractivity contribution in [1.29, 1.82) is 0 Å². The quantitative estimate of drug-likeness (QED) is 0.535. The molecule has 2 aromatic carbocycles. The highest BCUT2D eigenvalue weighted by Gasteiger charge is 2.17. The molecule has 0 heterocycles. The number of hydrogen-bond donors (Lipinski definition) is 0. The van der Waals surface area contributed by atoms with Gasteiger partial charge in [-0.25, -0.2) is 8.51 Å². The van der Waals surface area contributed by atoms with Crippen molar-refractivity contribution < 1.29 is 19.2 Å². The predicted octanol–water partition coefficient (Wildman–Crippen LogP) is 3.76. The van der Waals surface area contributed by atoms with E-state index < -0.39 is 11.0 Å². The molecule has 2 aromatic rings. The van der Waals surface area contributed by atoms with Crippen molar-refractivity contribution in [3.8, 4) is 11.5 Å². The third-order valence-electron chi connectivity index (χ3n) is 4.32. The van der Waals surface area contributed by atoms with Crippen LogP contribution in [0.4, 0.5) is 0 Å². The Bertz CT molecular complexity index is 682. The van der Waals surface area contributed by atoms with Crippen LogP contribution >= 0.6 is 0 Å². The van der Waals surface area contributed by atoms with E-state index in [4.69, 9.17) is 9.47 Å². The highest BCUT2D eigenvalue weighted by molar-refractivity contribution is 7.82. The molecule has 0 amide bonds. The zero-order chi connectivity index (χ0) is 19.6. The summed E-state index contributed by atoms with van der Waals surface area (Å²) in [4.78, 5) is 0. The smallest absolute Gasteiger partial charge is 0.118 e. The first-order valence-corrected chi connectivity index (χ1v) is 10.3. The van der Waals surface area contributed by atoms with Gasteiger partial charge in [0.25, 0.3) is 0 Å². The molecule has 2 atom stereocenters. The molecule has 1 unspecified atom stereocenters. The normalized spacial score (nSPS) is 12.7. The van der Waals surface area contributed by atoms with Crippen molar-refractivity contribution in [2.45, 2.75) is 26.4 Å². The van der Waals surface area contributed by atoms with E-state index >= 15 is 0 Å². The van der Waals surface area contributed by atoms with E-state index in [1.165, 1.54) is 0 Å². The molecule has 0 bridgehead atoms. The molecule has 0 aromatic heterocycles. The van der Waals surface area contributed by atoms with E-state index in [1.54, 1.807) is 14.2 Å². The first-order chi connectivity index (χ1) is 13.0. The molecule has 0 aliphatic heterocycles. The Balaban J connectivity index is 0.00000392. The van der Waals surface area contributed by atoms with Crippen LogP contribution in [0, 0.1) is 5.92 Å². The van der Waals surface area contributed by atoms with Gasteiger partial charge in [-0.2, -0.15) is 0 Å². The molecule has 5 nitrogen and oxygen atoms in total. The molecule has 0 radical (unpaired) electrons. The Labute approximate surface area is 170 Å². The monoisotopic (exact) mass is 405 g/mol. The summed E-state index contributed by atoms with van der Waals surface area (Å²) in [6.07, 6.45) is 2.75. The first kappa shape index (κ1) is 23.9. The minimum absolute atomic E-state index is 0. The molecular formula is C22H31NO4S. The zero-order valence-electron chi connectivity index (χ0n) is 16.9. The molecule has 0 spiro atoms. The van der Waals surface area contributed by atoms with Crippen molar-refractivity contribution in [1.82, 2.24) is 4.31 Å². The summed E-state index contributed by atoms with van der Waals surface area (Å²) in [6.45, 7) is 7.12. The van der Waals surface area contributed by atoms with E-state index in [9.17, 15) is 4.21 Å². The number of rotatable bonds is 11.